The molecule has 0 heterocycles. The molecule has 0 unspecified atom stereocenters. The Kier molecular flexibility index (Phi) is 2.84. The van der Waals surface area contributed by atoms with Crippen LogP contribution in [0.15, 0.2) is 18.2 Å². The third-order valence-electron chi connectivity index (χ3n) is 2.88. The monoisotopic (exact) mass is 269 g/mol. The summed E-state index contributed by atoms with van der Waals surface area (Å²) < 4.78 is 75.1. The molecule has 1 aromatic rings. The van der Waals surface area contributed by atoms with E-state index in [2.05, 4.69) is 0 Å². The summed E-state index contributed by atoms with van der Waals surface area (Å²) in [6, 6.07) is 1.26. The van der Waals surface area contributed by atoms with E-state index in [-0.39, 0.29) is 17.7 Å². The predicted molar refractivity (Wildman–Crippen MR) is 51.8 cm³/mol. The Labute approximate surface area is 98.6 Å². The highest BCUT2D eigenvalue weighted by atomic mass is 19.4. The second-order valence-corrected chi connectivity index (χ2v) is 4.35. The molecule has 18 heavy (non-hydrogen) atoms. The molecule has 7 heteroatoms. The molecule has 0 bridgehead atoms. The standard InChI is InChI=1S/C11H9F6N/c12-10(13,14)6-1-5(8-4-9(8)18)2-7(3-6)11(15,16)17/h1-3,8-9H,4,18H2/t8-,9+/m0/s1. The lowest BCUT2D eigenvalue weighted by Crippen LogP contribution is -2.12. The summed E-state index contributed by atoms with van der Waals surface area (Å²) in [4.78, 5) is 0. The topological polar surface area (TPSA) is 26.0 Å². The van der Waals surface area contributed by atoms with Crippen LogP contribution in [0.3, 0.4) is 0 Å². The Bertz CT molecular complexity index is 429. The Hall–Kier alpha value is -1.24. The zero-order chi connectivity index (χ0) is 13.7. The Morgan fingerprint density at radius 1 is 0.889 bits per heavy atom. The molecule has 2 atom stereocenters. The van der Waals surface area contributed by atoms with Gasteiger partial charge in [0.05, 0.1) is 11.1 Å². The average molecular weight is 269 g/mol. The lowest BCUT2D eigenvalue weighted by atomic mass is 10.0. The first-order valence-electron chi connectivity index (χ1n) is 5.14. The summed E-state index contributed by atoms with van der Waals surface area (Å²) in [5.74, 6) is -0.409. The molecular formula is C11H9F6N. The van der Waals surface area contributed by atoms with Crippen molar-refractivity contribution in [2.24, 2.45) is 5.73 Å². The van der Waals surface area contributed by atoms with Gasteiger partial charge in [-0.15, -0.1) is 0 Å². The highest BCUT2D eigenvalue weighted by molar-refractivity contribution is 5.38. The van der Waals surface area contributed by atoms with E-state index >= 15 is 0 Å². The molecule has 1 aliphatic carbocycles. The van der Waals surface area contributed by atoms with E-state index in [0.717, 1.165) is 12.1 Å². The number of hydrogen-bond acceptors (Lipinski definition) is 1. The number of benzene rings is 1. The van der Waals surface area contributed by atoms with Crippen LogP contribution in [0.1, 0.15) is 29.0 Å². The molecule has 0 saturated heterocycles. The number of halogens is 6. The summed E-state index contributed by atoms with van der Waals surface area (Å²) >= 11 is 0. The molecule has 2 N–H and O–H groups in total. The van der Waals surface area contributed by atoms with Crippen LogP contribution in [-0.2, 0) is 12.4 Å². The third-order valence-corrected chi connectivity index (χ3v) is 2.88. The lowest BCUT2D eigenvalue weighted by molar-refractivity contribution is -0.143. The second kappa shape index (κ2) is 3.88. The first-order chi connectivity index (χ1) is 8.09. The van der Waals surface area contributed by atoms with Crippen molar-refractivity contribution in [2.45, 2.75) is 30.7 Å². The molecule has 0 amide bonds. The SMILES string of the molecule is N[C@@H]1C[C@H]1c1cc(C(F)(F)F)cc(C(F)(F)F)c1. The molecule has 1 aliphatic rings. The summed E-state index contributed by atoms with van der Waals surface area (Å²) in [7, 11) is 0. The van der Waals surface area contributed by atoms with Crippen LogP contribution < -0.4 is 5.73 Å². The van der Waals surface area contributed by atoms with Gasteiger partial charge in [0.15, 0.2) is 0 Å². The molecule has 1 fully saturated rings. The maximum absolute atomic E-state index is 12.5. The number of nitrogens with two attached hydrogens (primary N) is 1. The normalized spacial score (nSPS) is 24.2. The van der Waals surface area contributed by atoms with Gasteiger partial charge in [0, 0.05) is 12.0 Å². The van der Waals surface area contributed by atoms with Crippen molar-refractivity contribution in [3.8, 4) is 0 Å². The lowest BCUT2D eigenvalue weighted by Gasteiger charge is -2.14. The zero-order valence-corrected chi connectivity index (χ0v) is 8.94. The largest absolute Gasteiger partial charge is 0.416 e. The van der Waals surface area contributed by atoms with E-state index in [1.807, 2.05) is 0 Å². The number of rotatable bonds is 1. The fourth-order valence-electron chi connectivity index (χ4n) is 1.79. The minimum absolute atomic E-state index is 0.00431. The van der Waals surface area contributed by atoms with Crippen LogP contribution in [0, 0.1) is 0 Å². The van der Waals surface area contributed by atoms with Crippen molar-refractivity contribution in [1.29, 1.82) is 0 Å². The first kappa shape index (κ1) is 13.2. The fourth-order valence-corrected chi connectivity index (χ4v) is 1.79. The van der Waals surface area contributed by atoms with Crippen LogP contribution in [0.2, 0.25) is 0 Å². The Balaban J connectivity index is 2.49. The minimum Gasteiger partial charge on any atom is -0.327 e. The summed E-state index contributed by atoms with van der Waals surface area (Å²) in [5, 5.41) is 0. The van der Waals surface area contributed by atoms with Gasteiger partial charge in [-0.1, -0.05) is 0 Å². The number of alkyl halides is 6. The van der Waals surface area contributed by atoms with Gasteiger partial charge in [-0.2, -0.15) is 26.3 Å². The molecule has 0 aromatic heterocycles. The molecule has 1 saturated carbocycles. The molecule has 0 radical (unpaired) electrons. The highest BCUT2D eigenvalue weighted by Crippen LogP contribution is 2.43. The summed E-state index contributed by atoms with van der Waals surface area (Å²) in [5.41, 5.74) is 2.89. The van der Waals surface area contributed by atoms with Crippen LogP contribution in [0.25, 0.3) is 0 Å². The second-order valence-electron chi connectivity index (χ2n) is 4.35. The van der Waals surface area contributed by atoms with Gasteiger partial charge in [-0.25, -0.2) is 0 Å². The van der Waals surface area contributed by atoms with E-state index in [1.165, 1.54) is 0 Å². The van der Waals surface area contributed by atoms with E-state index in [4.69, 9.17) is 5.73 Å². The minimum atomic E-state index is -4.80. The van der Waals surface area contributed by atoms with Crippen LogP contribution in [0.4, 0.5) is 26.3 Å². The summed E-state index contributed by atoms with van der Waals surface area (Å²) in [6.07, 6.45) is -9.18. The van der Waals surface area contributed by atoms with Gasteiger partial charge < -0.3 is 5.73 Å². The first-order valence-corrected chi connectivity index (χ1v) is 5.14. The third kappa shape index (κ3) is 2.60. The summed E-state index contributed by atoms with van der Waals surface area (Å²) in [6.45, 7) is 0. The van der Waals surface area contributed by atoms with Crippen molar-refractivity contribution >= 4 is 0 Å². The molecule has 1 aromatic carbocycles. The molecule has 1 nitrogen and oxygen atoms in total. The maximum Gasteiger partial charge on any atom is 0.416 e. The molecular weight excluding hydrogens is 260 g/mol. The highest BCUT2D eigenvalue weighted by Gasteiger charge is 2.41. The van der Waals surface area contributed by atoms with Gasteiger partial charge >= 0.3 is 12.4 Å². The van der Waals surface area contributed by atoms with Crippen molar-refractivity contribution < 1.29 is 26.3 Å². The molecule has 0 spiro atoms. The van der Waals surface area contributed by atoms with E-state index in [9.17, 15) is 26.3 Å². The van der Waals surface area contributed by atoms with Crippen LogP contribution >= 0.6 is 0 Å². The molecule has 2 rings (SSSR count). The van der Waals surface area contributed by atoms with Gasteiger partial charge in [-0.05, 0) is 30.2 Å². The van der Waals surface area contributed by atoms with Gasteiger partial charge in [0.1, 0.15) is 0 Å². The maximum atomic E-state index is 12.5. The van der Waals surface area contributed by atoms with E-state index in [0.29, 0.717) is 6.42 Å². The van der Waals surface area contributed by atoms with Gasteiger partial charge in [0.25, 0.3) is 0 Å². The van der Waals surface area contributed by atoms with E-state index < -0.39 is 29.4 Å². The van der Waals surface area contributed by atoms with Crippen LogP contribution in [0.5, 0.6) is 0 Å². The van der Waals surface area contributed by atoms with Gasteiger partial charge in [0.2, 0.25) is 0 Å². The molecule has 0 aliphatic heterocycles. The van der Waals surface area contributed by atoms with Gasteiger partial charge in [-0.3, -0.25) is 0 Å². The van der Waals surface area contributed by atoms with Crippen molar-refractivity contribution in [1.82, 2.24) is 0 Å². The zero-order valence-electron chi connectivity index (χ0n) is 8.94. The van der Waals surface area contributed by atoms with E-state index in [1.54, 1.807) is 0 Å². The quantitative estimate of drug-likeness (QED) is 0.775. The molecule has 100 valence electrons. The Morgan fingerprint density at radius 3 is 1.56 bits per heavy atom. The fraction of sp³-hybridized carbons (Fsp3) is 0.455. The number of hydrogen-bond donors (Lipinski definition) is 1. The van der Waals surface area contributed by atoms with Crippen LogP contribution in [-0.4, -0.2) is 6.04 Å². The predicted octanol–water partition coefficient (Wildman–Crippen LogP) is 3.54. The van der Waals surface area contributed by atoms with Crippen molar-refractivity contribution in [3.05, 3.63) is 34.9 Å². The average Bonchev–Trinajstić information content (AvgIpc) is 2.92. The smallest absolute Gasteiger partial charge is 0.327 e. The van der Waals surface area contributed by atoms with Crippen molar-refractivity contribution in [3.63, 3.8) is 0 Å². The Morgan fingerprint density at radius 2 is 1.28 bits per heavy atom. The van der Waals surface area contributed by atoms with Crippen molar-refractivity contribution in [2.75, 3.05) is 0 Å².